The summed E-state index contributed by atoms with van der Waals surface area (Å²) in [5.74, 6) is 1.72. The van der Waals surface area contributed by atoms with Crippen LogP contribution in [0.5, 0.6) is 0 Å². The van der Waals surface area contributed by atoms with Crippen LogP contribution in [0.3, 0.4) is 0 Å². The summed E-state index contributed by atoms with van der Waals surface area (Å²) < 4.78 is 6.05. The van der Waals surface area contributed by atoms with Gasteiger partial charge in [0.1, 0.15) is 0 Å². The van der Waals surface area contributed by atoms with Gasteiger partial charge in [-0.25, -0.2) is 0 Å². The molecule has 4 rings (SSSR count). The predicted molar refractivity (Wildman–Crippen MR) is 89.9 cm³/mol. The number of hydrogen-bond acceptors (Lipinski definition) is 2. The Morgan fingerprint density at radius 2 is 2.09 bits per heavy atom. The summed E-state index contributed by atoms with van der Waals surface area (Å²) in [6, 6.07) is 0. The molecule has 0 heterocycles. The van der Waals surface area contributed by atoms with Crippen LogP contribution < -0.4 is 0 Å². The van der Waals surface area contributed by atoms with Crippen LogP contribution in [0.1, 0.15) is 45.4 Å². The lowest BCUT2D eigenvalue weighted by Gasteiger charge is -2.45. The first-order valence-electron chi connectivity index (χ1n) is 8.91. The van der Waals surface area contributed by atoms with Gasteiger partial charge in [-0.15, -0.1) is 0 Å². The van der Waals surface area contributed by atoms with Gasteiger partial charge >= 0.3 is 0 Å². The second-order valence-corrected chi connectivity index (χ2v) is 7.54. The Bertz CT molecular complexity index is 601. The average molecular weight is 296 g/mol. The van der Waals surface area contributed by atoms with Gasteiger partial charge in [-0.05, 0) is 66.7 Å². The molecule has 22 heavy (non-hydrogen) atoms. The van der Waals surface area contributed by atoms with Crippen LogP contribution in [0.2, 0.25) is 6.82 Å². The summed E-state index contributed by atoms with van der Waals surface area (Å²) in [6.07, 6.45) is 13.6. The van der Waals surface area contributed by atoms with E-state index in [1.807, 2.05) is 6.08 Å². The molecule has 0 spiro atoms. The summed E-state index contributed by atoms with van der Waals surface area (Å²) in [5, 5.41) is 0. The quantitative estimate of drug-likeness (QED) is 0.725. The first-order chi connectivity index (χ1) is 10.6. The number of carbonyl (C=O) groups excluding carboxylic acids is 1. The van der Waals surface area contributed by atoms with Gasteiger partial charge in [-0.2, -0.15) is 0 Å². The number of fused-ring (bicyclic) bond motifs is 4. The highest BCUT2D eigenvalue weighted by Crippen LogP contribution is 2.57. The van der Waals surface area contributed by atoms with Crippen molar-refractivity contribution in [2.45, 2.75) is 58.4 Å². The summed E-state index contributed by atoms with van der Waals surface area (Å²) in [4.78, 5) is 11.7. The molecule has 0 aromatic rings. The zero-order valence-electron chi connectivity index (χ0n) is 13.7. The molecule has 0 radical (unpaired) electrons. The van der Waals surface area contributed by atoms with Gasteiger partial charge < -0.3 is 4.65 Å². The van der Waals surface area contributed by atoms with E-state index in [9.17, 15) is 4.79 Å². The Morgan fingerprint density at radius 3 is 2.91 bits per heavy atom. The summed E-state index contributed by atoms with van der Waals surface area (Å²) in [6.45, 7) is 4.51. The molecule has 0 aromatic heterocycles. The van der Waals surface area contributed by atoms with E-state index in [2.05, 4.69) is 25.9 Å². The van der Waals surface area contributed by atoms with E-state index in [4.69, 9.17) is 4.65 Å². The largest absolute Gasteiger partial charge is 0.436 e. The summed E-state index contributed by atoms with van der Waals surface area (Å²) in [5.41, 5.74) is 4.57. The van der Waals surface area contributed by atoms with Gasteiger partial charge in [-0.3, -0.25) is 4.79 Å². The van der Waals surface area contributed by atoms with Gasteiger partial charge in [0.25, 0.3) is 7.48 Å². The van der Waals surface area contributed by atoms with Crippen molar-refractivity contribution in [2.75, 3.05) is 0 Å². The Kier molecular flexibility index (Phi) is 3.45. The fourth-order valence-corrected chi connectivity index (χ4v) is 5.44. The second kappa shape index (κ2) is 5.23. The van der Waals surface area contributed by atoms with E-state index < -0.39 is 0 Å². The van der Waals surface area contributed by atoms with Gasteiger partial charge in [-0.1, -0.05) is 25.9 Å². The molecule has 0 amide bonds. The van der Waals surface area contributed by atoms with Crippen molar-refractivity contribution in [3.63, 3.8) is 0 Å². The lowest BCUT2D eigenvalue weighted by molar-refractivity contribution is -0.114. The lowest BCUT2D eigenvalue weighted by Crippen LogP contribution is -2.40. The standard InChI is InChI=1S/C19H25BO2/c1-19-10-9-15-14-6-4-13(21)11-12(14)3-5-16(15)17(19)7-8-18(19)22-20-2/h9-11,16-18,20H,3-8H2,1-2H3. The Morgan fingerprint density at radius 1 is 1.23 bits per heavy atom. The zero-order valence-corrected chi connectivity index (χ0v) is 13.7. The molecule has 4 aliphatic rings. The third-order valence-electron chi connectivity index (χ3n) is 6.52. The van der Waals surface area contributed by atoms with E-state index in [-0.39, 0.29) is 5.41 Å². The summed E-state index contributed by atoms with van der Waals surface area (Å²) >= 11 is 0. The van der Waals surface area contributed by atoms with Gasteiger partial charge in [0.15, 0.2) is 5.78 Å². The maximum absolute atomic E-state index is 11.7. The van der Waals surface area contributed by atoms with E-state index >= 15 is 0 Å². The molecule has 0 aromatic carbocycles. The molecule has 3 heteroatoms. The summed E-state index contributed by atoms with van der Waals surface area (Å²) in [7, 11) is 0.814. The maximum atomic E-state index is 11.7. The molecule has 0 saturated heterocycles. The Labute approximate surface area is 134 Å². The Balaban J connectivity index is 1.74. The minimum absolute atomic E-state index is 0.205. The van der Waals surface area contributed by atoms with Crippen molar-refractivity contribution in [1.29, 1.82) is 0 Å². The molecule has 1 saturated carbocycles. The fourth-order valence-electron chi connectivity index (χ4n) is 5.44. The van der Waals surface area contributed by atoms with E-state index in [1.165, 1.54) is 30.4 Å². The molecule has 1 fully saturated rings. The van der Waals surface area contributed by atoms with Gasteiger partial charge in [0.2, 0.25) is 0 Å². The third kappa shape index (κ3) is 2.01. The fraction of sp³-hybridized carbons (Fsp3) is 0.632. The normalized spacial score (nSPS) is 40.0. The monoisotopic (exact) mass is 296 g/mol. The molecule has 4 unspecified atom stereocenters. The molecule has 0 bridgehead atoms. The number of carbonyl (C=O) groups is 1. The zero-order chi connectivity index (χ0) is 15.3. The topological polar surface area (TPSA) is 26.3 Å². The molecule has 116 valence electrons. The number of allylic oxidation sites excluding steroid dienone is 5. The van der Waals surface area contributed by atoms with Crippen LogP contribution in [-0.4, -0.2) is 19.4 Å². The molecule has 2 nitrogen and oxygen atoms in total. The van der Waals surface area contributed by atoms with Crippen LogP contribution in [0.4, 0.5) is 0 Å². The number of ketones is 1. The van der Waals surface area contributed by atoms with Gasteiger partial charge in [0, 0.05) is 17.9 Å². The van der Waals surface area contributed by atoms with Crippen LogP contribution in [0.25, 0.3) is 0 Å². The molecular formula is C19H25BO2. The highest BCUT2D eigenvalue weighted by Gasteiger charge is 2.51. The van der Waals surface area contributed by atoms with Crippen molar-refractivity contribution >= 4 is 13.3 Å². The van der Waals surface area contributed by atoms with Crippen molar-refractivity contribution in [2.24, 2.45) is 17.3 Å². The molecule has 0 N–H and O–H groups in total. The molecule has 0 aliphatic heterocycles. The highest BCUT2D eigenvalue weighted by atomic mass is 16.4. The van der Waals surface area contributed by atoms with Crippen molar-refractivity contribution in [1.82, 2.24) is 0 Å². The average Bonchev–Trinajstić information content (AvgIpc) is 2.84. The first kappa shape index (κ1) is 14.5. The molecule has 4 atom stereocenters. The van der Waals surface area contributed by atoms with Crippen LogP contribution in [0, 0.1) is 17.3 Å². The van der Waals surface area contributed by atoms with Crippen LogP contribution in [-0.2, 0) is 9.45 Å². The minimum Gasteiger partial charge on any atom is -0.436 e. The lowest BCUT2D eigenvalue weighted by atomic mass is 9.60. The maximum Gasteiger partial charge on any atom is 0.272 e. The first-order valence-corrected chi connectivity index (χ1v) is 8.91. The molecular weight excluding hydrogens is 271 g/mol. The number of hydrogen-bond donors (Lipinski definition) is 0. The van der Waals surface area contributed by atoms with Gasteiger partial charge in [0.05, 0.1) is 0 Å². The highest BCUT2D eigenvalue weighted by molar-refractivity contribution is 6.24. The predicted octanol–water partition coefficient (Wildman–Crippen LogP) is 3.75. The van der Waals surface area contributed by atoms with E-state index in [1.54, 1.807) is 5.57 Å². The SMILES string of the molecule is CBOC1CCC2C3CCC4=CC(=O)CCC4=C3C=CC12C. The molecule has 4 aliphatic carbocycles. The number of rotatable bonds is 2. The second-order valence-electron chi connectivity index (χ2n) is 7.54. The van der Waals surface area contributed by atoms with E-state index in [0.717, 1.165) is 26.2 Å². The minimum atomic E-state index is 0.205. The van der Waals surface area contributed by atoms with E-state index in [0.29, 0.717) is 24.2 Å². The van der Waals surface area contributed by atoms with Crippen LogP contribution in [0.15, 0.2) is 34.9 Å². The third-order valence-corrected chi connectivity index (χ3v) is 6.52. The van der Waals surface area contributed by atoms with Crippen molar-refractivity contribution in [3.05, 3.63) is 34.9 Å². The van der Waals surface area contributed by atoms with Crippen molar-refractivity contribution in [3.8, 4) is 0 Å². The van der Waals surface area contributed by atoms with Crippen LogP contribution >= 0.6 is 0 Å². The van der Waals surface area contributed by atoms with Crippen molar-refractivity contribution < 1.29 is 9.45 Å². The Hall–Kier alpha value is -1.09. The smallest absolute Gasteiger partial charge is 0.272 e.